The van der Waals surface area contributed by atoms with Gasteiger partial charge in [0.25, 0.3) is 0 Å². The van der Waals surface area contributed by atoms with E-state index in [2.05, 4.69) is 0 Å². The number of ether oxygens (including phenoxy) is 1. The number of para-hydroxylation sites is 1. The molecule has 154 valence electrons. The van der Waals surface area contributed by atoms with E-state index < -0.39 is 5.54 Å². The molecule has 0 saturated carbocycles. The maximum absolute atomic E-state index is 13.1. The first-order valence-corrected chi connectivity index (χ1v) is 10.6. The summed E-state index contributed by atoms with van der Waals surface area (Å²) in [6, 6.07) is 20.8. The molecule has 5 nitrogen and oxygen atoms in total. The Balaban J connectivity index is 1.67. The lowest BCUT2D eigenvalue weighted by Crippen LogP contribution is -2.47. The minimum Gasteiger partial charge on any atom is -0.457 e. The molecule has 0 aliphatic heterocycles. The Morgan fingerprint density at radius 2 is 1.63 bits per heavy atom. The predicted molar refractivity (Wildman–Crippen MR) is 122 cm³/mol. The van der Waals surface area contributed by atoms with Gasteiger partial charge < -0.3 is 20.7 Å². The highest BCUT2D eigenvalue weighted by atomic mass is 32.1. The van der Waals surface area contributed by atoms with Crippen molar-refractivity contribution in [1.82, 2.24) is 0 Å². The molecular weight excluding hydrogens is 398 g/mol. The van der Waals surface area contributed by atoms with E-state index >= 15 is 0 Å². The molecule has 0 unspecified atom stereocenters. The second-order valence-corrected chi connectivity index (χ2v) is 8.60. The van der Waals surface area contributed by atoms with Gasteiger partial charge in [-0.3, -0.25) is 4.79 Å². The van der Waals surface area contributed by atoms with Gasteiger partial charge in [-0.05, 0) is 60.9 Å². The monoisotopic (exact) mass is 421 g/mol. The van der Waals surface area contributed by atoms with Gasteiger partial charge >= 0.3 is 0 Å². The Bertz CT molecular complexity index is 1230. The standard InChI is InChI=1S/C24H23NO4S/c25-24(14-26,15-27)11-10-16-6-9-21-20(12-16)23(28)19-8-7-18(13-22(19)30-21)29-17-4-2-1-3-5-17/h1-9,12-13,26-27H,10-11,14-15,25H2. The van der Waals surface area contributed by atoms with Crippen molar-refractivity contribution in [2.24, 2.45) is 5.73 Å². The number of benzene rings is 3. The largest absolute Gasteiger partial charge is 0.457 e. The minimum absolute atomic E-state index is 0.0183. The third-order valence-corrected chi connectivity index (χ3v) is 6.36. The molecule has 0 bridgehead atoms. The first-order valence-electron chi connectivity index (χ1n) is 9.74. The molecule has 0 aliphatic carbocycles. The molecule has 4 aromatic rings. The molecule has 0 radical (unpaired) electrons. The van der Waals surface area contributed by atoms with E-state index in [0.717, 1.165) is 20.7 Å². The van der Waals surface area contributed by atoms with E-state index in [0.29, 0.717) is 29.4 Å². The number of hydrogen-bond acceptors (Lipinski definition) is 6. The van der Waals surface area contributed by atoms with Gasteiger partial charge in [-0.25, -0.2) is 0 Å². The van der Waals surface area contributed by atoms with Crippen molar-refractivity contribution in [3.8, 4) is 11.5 Å². The Kier molecular flexibility index (Phi) is 5.83. The summed E-state index contributed by atoms with van der Waals surface area (Å²) < 4.78 is 7.66. The summed E-state index contributed by atoms with van der Waals surface area (Å²) >= 11 is 1.55. The molecule has 0 fully saturated rings. The fraction of sp³-hybridized carbons (Fsp3) is 0.208. The van der Waals surface area contributed by atoms with Crippen LogP contribution in [-0.2, 0) is 6.42 Å². The van der Waals surface area contributed by atoms with Crippen LogP contribution in [0.15, 0.2) is 71.5 Å². The molecule has 0 atom stereocenters. The van der Waals surface area contributed by atoms with E-state index in [1.54, 1.807) is 17.4 Å². The van der Waals surface area contributed by atoms with Gasteiger partial charge in [-0.2, -0.15) is 0 Å². The van der Waals surface area contributed by atoms with E-state index in [9.17, 15) is 15.0 Å². The van der Waals surface area contributed by atoms with E-state index in [-0.39, 0.29) is 18.6 Å². The lowest BCUT2D eigenvalue weighted by molar-refractivity contribution is 0.115. The van der Waals surface area contributed by atoms with E-state index in [4.69, 9.17) is 10.5 Å². The normalized spacial score (nSPS) is 11.8. The van der Waals surface area contributed by atoms with E-state index in [1.807, 2.05) is 60.7 Å². The molecule has 30 heavy (non-hydrogen) atoms. The van der Waals surface area contributed by atoms with Gasteiger partial charge in [0, 0.05) is 20.2 Å². The molecule has 1 aromatic heterocycles. The van der Waals surface area contributed by atoms with Crippen molar-refractivity contribution in [2.45, 2.75) is 18.4 Å². The number of hydrogen-bond donors (Lipinski definition) is 3. The zero-order chi connectivity index (χ0) is 21.1. The van der Waals surface area contributed by atoms with Crippen molar-refractivity contribution in [3.63, 3.8) is 0 Å². The predicted octanol–water partition coefficient (Wildman–Crippen LogP) is 3.82. The SMILES string of the molecule is NC(CO)(CO)CCc1ccc2sc3cc(Oc4ccccc4)ccc3c(=O)c2c1. The maximum Gasteiger partial charge on any atom is 0.195 e. The number of aryl methyl sites for hydroxylation is 1. The lowest BCUT2D eigenvalue weighted by Gasteiger charge is -2.24. The highest BCUT2D eigenvalue weighted by Gasteiger charge is 2.22. The summed E-state index contributed by atoms with van der Waals surface area (Å²) in [5, 5.41) is 20.1. The zero-order valence-electron chi connectivity index (χ0n) is 16.4. The van der Waals surface area contributed by atoms with Gasteiger partial charge in [0.1, 0.15) is 11.5 Å². The molecule has 0 saturated heterocycles. The van der Waals surface area contributed by atoms with Crippen LogP contribution in [0.5, 0.6) is 11.5 Å². The zero-order valence-corrected chi connectivity index (χ0v) is 17.2. The highest BCUT2D eigenvalue weighted by molar-refractivity contribution is 7.24. The number of aliphatic hydroxyl groups excluding tert-OH is 2. The van der Waals surface area contributed by atoms with Gasteiger partial charge in [-0.1, -0.05) is 24.3 Å². The molecule has 0 amide bonds. The summed E-state index contributed by atoms with van der Waals surface area (Å²) in [6.07, 6.45) is 0.996. The number of fused-ring (bicyclic) bond motifs is 2. The second-order valence-electron chi connectivity index (χ2n) is 7.51. The van der Waals surface area contributed by atoms with Crippen molar-refractivity contribution < 1.29 is 14.9 Å². The average Bonchev–Trinajstić information content (AvgIpc) is 2.78. The Morgan fingerprint density at radius 3 is 2.37 bits per heavy atom. The summed E-state index contributed by atoms with van der Waals surface area (Å²) in [5.74, 6) is 1.43. The van der Waals surface area contributed by atoms with Gasteiger partial charge in [0.05, 0.1) is 18.8 Å². The smallest absolute Gasteiger partial charge is 0.195 e. The van der Waals surface area contributed by atoms with Crippen molar-refractivity contribution >= 4 is 31.5 Å². The van der Waals surface area contributed by atoms with Crippen LogP contribution >= 0.6 is 11.3 Å². The molecule has 0 aliphatic rings. The van der Waals surface area contributed by atoms with Gasteiger partial charge in [0.2, 0.25) is 0 Å². The van der Waals surface area contributed by atoms with Crippen LogP contribution in [0, 0.1) is 0 Å². The first kappa shape index (κ1) is 20.5. The molecule has 4 N–H and O–H groups in total. The Hall–Kier alpha value is -2.77. The van der Waals surface area contributed by atoms with Crippen molar-refractivity contribution in [2.75, 3.05) is 13.2 Å². The molecular formula is C24H23NO4S. The average molecular weight is 422 g/mol. The highest BCUT2D eigenvalue weighted by Crippen LogP contribution is 2.30. The van der Waals surface area contributed by atoms with Crippen molar-refractivity contribution in [1.29, 1.82) is 0 Å². The topological polar surface area (TPSA) is 92.8 Å². The summed E-state index contributed by atoms with van der Waals surface area (Å²) in [7, 11) is 0. The summed E-state index contributed by atoms with van der Waals surface area (Å²) in [4.78, 5) is 13.1. The van der Waals surface area contributed by atoms with Crippen molar-refractivity contribution in [3.05, 3.63) is 82.5 Å². The van der Waals surface area contributed by atoms with Crippen LogP contribution in [0.25, 0.3) is 20.2 Å². The molecule has 6 heteroatoms. The van der Waals surface area contributed by atoms with Gasteiger partial charge in [-0.15, -0.1) is 11.3 Å². The van der Waals surface area contributed by atoms with Crippen LogP contribution in [-0.4, -0.2) is 29.0 Å². The maximum atomic E-state index is 13.1. The van der Waals surface area contributed by atoms with Crippen LogP contribution in [0.4, 0.5) is 0 Å². The Labute approximate surface area is 178 Å². The Morgan fingerprint density at radius 1 is 0.867 bits per heavy atom. The molecule has 4 rings (SSSR count). The van der Waals surface area contributed by atoms with Gasteiger partial charge in [0.15, 0.2) is 5.43 Å². The minimum atomic E-state index is -1.02. The lowest BCUT2D eigenvalue weighted by atomic mass is 9.93. The number of nitrogens with two attached hydrogens (primary N) is 1. The number of aliphatic hydroxyl groups is 2. The van der Waals surface area contributed by atoms with E-state index in [1.165, 1.54) is 0 Å². The summed E-state index contributed by atoms with van der Waals surface area (Å²) in [5.41, 5.74) is 5.87. The molecule has 1 heterocycles. The van der Waals surface area contributed by atoms with Crippen LogP contribution in [0.2, 0.25) is 0 Å². The second kappa shape index (κ2) is 8.53. The quantitative estimate of drug-likeness (QED) is 0.395. The third-order valence-electron chi connectivity index (χ3n) is 5.23. The number of rotatable bonds is 7. The fourth-order valence-electron chi connectivity index (χ4n) is 3.33. The van der Waals surface area contributed by atoms with Crippen LogP contribution in [0.1, 0.15) is 12.0 Å². The summed E-state index contributed by atoms with van der Waals surface area (Å²) in [6.45, 7) is -0.575. The fourth-order valence-corrected chi connectivity index (χ4v) is 4.41. The first-order chi connectivity index (χ1) is 14.5. The molecule has 0 spiro atoms. The third kappa shape index (κ3) is 4.22. The van der Waals surface area contributed by atoms with Crippen LogP contribution in [0.3, 0.4) is 0 Å². The van der Waals surface area contributed by atoms with Crippen LogP contribution < -0.4 is 15.9 Å². The molecule has 3 aromatic carbocycles.